The first-order chi connectivity index (χ1) is 8.22. The van der Waals surface area contributed by atoms with Gasteiger partial charge in [-0.2, -0.15) is 4.37 Å². The zero-order chi connectivity index (χ0) is 12.3. The van der Waals surface area contributed by atoms with Gasteiger partial charge in [0.15, 0.2) is 0 Å². The van der Waals surface area contributed by atoms with Gasteiger partial charge in [-0.15, -0.1) is 4.37 Å². The van der Waals surface area contributed by atoms with Crippen molar-refractivity contribution in [2.24, 2.45) is 0 Å². The number of ether oxygens (including phenoxy) is 3. The number of halogens is 1. The fourth-order valence-electron chi connectivity index (χ4n) is 1.18. The zero-order valence-electron chi connectivity index (χ0n) is 9.14. The van der Waals surface area contributed by atoms with E-state index < -0.39 is 0 Å². The van der Waals surface area contributed by atoms with Crippen molar-refractivity contribution in [2.75, 3.05) is 14.2 Å². The quantitative estimate of drug-likeness (QED) is 0.856. The Hall–Kier alpha value is -1.53. The van der Waals surface area contributed by atoms with Crippen LogP contribution in [0.1, 0.15) is 0 Å². The second-order valence-electron chi connectivity index (χ2n) is 3.01. The average molecular weight is 273 g/mol. The number of methoxy groups -OCH3 is 2. The molecule has 0 N–H and O–H groups in total. The highest BCUT2D eigenvalue weighted by molar-refractivity contribution is 6.99. The third-order valence-corrected chi connectivity index (χ3v) is 2.82. The summed E-state index contributed by atoms with van der Waals surface area (Å²) in [4.78, 5) is 0. The molecule has 7 heteroatoms. The molecule has 5 nitrogen and oxygen atoms in total. The summed E-state index contributed by atoms with van der Waals surface area (Å²) in [6, 6.07) is 5.16. The zero-order valence-corrected chi connectivity index (χ0v) is 10.7. The normalized spacial score (nSPS) is 10.1. The SMILES string of the molecule is COc1cc(OC)cc(Oc2nsnc2Cl)c1. The molecule has 0 unspecified atom stereocenters. The Labute approximate surface area is 107 Å². The maximum atomic E-state index is 5.79. The summed E-state index contributed by atoms with van der Waals surface area (Å²) in [5.74, 6) is 2.04. The van der Waals surface area contributed by atoms with Gasteiger partial charge in [-0.25, -0.2) is 0 Å². The fourth-order valence-corrected chi connectivity index (χ4v) is 1.79. The molecular weight excluding hydrogens is 264 g/mol. The van der Waals surface area contributed by atoms with Gasteiger partial charge >= 0.3 is 0 Å². The van der Waals surface area contributed by atoms with Crippen LogP contribution < -0.4 is 14.2 Å². The molecular formula is C10H9ClN2O3S. The second-order valence-corrected chi connectivity index (χ2v) is 3.90. The topological polar surface area (TPSA) is 53.5 Å². The van der Waals surface area contributed by atoms with Crippen molar-refractivity contribution >= 4 is 23.3 Å². The van der Waals surface area contributed by atoms with E-state index in [2.05, 4.69) is 8.75 Å². The third-order valence-electron chi connectivity index (χ3n) is 1.96. The molecule has 0 aliphatic heterocycles. The van der Waals surface area contributed by atoms with Gasteiger partial charge in [0.1, 0.15) is 17.2 Å². The lowest BCUT2D eigenvalue weighted by atomic mass is 10.3. The van der Waals surface area contributed by atoms with Gasteiger partial charge in [0.2, 0.25) is 5.15 Å². The van der Waals surface area contributed by atoms with Crippen molar-refractivity contribution in [2.45, 2.75) is 0 Å². The van der Waals surface area contributed by atoms with Crippen molar-refractivity contribution in [3.8, 4) is 23.1 Å². The van der Waals surface area contributed by atoms with E-state index in [0.717, 1.165) is 11.7 Å². The second kappa shape index (κ2) is 5.20. The van der Waals surface area contributed by atoms with E-state index in [1.165, 1.54) is 0 Å². The van der Waals surface area contributed by atoms with Crippen molar-refractivity contribution in [3.05, 3.63) is 23.4 Å². The van der Waals surface area contributed by atoms with E-state index >= 15 is 0 Å². The number of hydrogen-bond acceptors (Lipinski definition) is 6. The molecule has 1 aromatic carbocycles. The molecule has 1 heterocycles. The van der Waals surface area contributed by atoms with Crippen molar-refractivity contribution in [3.63, 3.8) is 0 Å². The molecule has 2 aromatic rings. The summed E-state index contributed by atoms with van der Waals surface area (Å²) < 4.78 is 23.4. The highest BCUT2D eigenvalue weighted by Gasteiger charge is 2.10. The summed E-state index contributed by atoms with van der Waals surface area (Å²) in [6.45, 7) is 0. The van der Waals surface area contributed by atoms with Gasteiger partial charge in [-0.1, -0.05) is 11.6 Å². The van der Waals surface area contributed by atoms with Crippen molar-refractivity contribution < 1.29 is 14.2 Å². The average Bonchev–Trinajstić information content (AvgIpc) is 2.74. The molecule has 90 valence electrons. The van der Waals surface area contributed by atoms with E-state index in [9.17, 15) is 0 Å². The number of aromatic nitrogens is 2. The van der Waals surface area contributed by atoms with Crippen LogP contribution in [0.15, 0.2) is 18.2 Å². The Bertz CT molecular complexity index is 496. The predicted molar refractivity (Wildman–Crippen MR) is 64.5 cm³/mol. The molecule has 0 atom stereocenters. The number of hydrogen-bond donors (Lipinski definition) is 0. The third kappa shape index (κ3) is 2.78. The Morgan fingerprint density at radius 2 is 1.59 bits per heavy atom. The molecule has 0 bridgehead atoms. The highest BCUT2D eigenvalue weighted by atomic mass is 35.5. The van der Waals surface area contributed by atoms with Crippen LogP contribution >= 0.6 is 23.3 Å². The van der Waals surface area contributed by atoms with E-state index in [-0.39, 0.29) is 11.0 Å². The first-order valence-corrected chi connectivity index (χ1v) is 5.72. The molecule has 0 radical (unpaired) electrons. The lowest BCUT2D eigenvalue weighted by Crippen LogP contribution is -1.90. The minimum absolute atomic E-state index is 0.233. The standard InChI is InChI=1S/C10H9ClN2O3S/c1-14-6-3-7(15-2)5-8(4-6)16-10-9(11)12-17-13-10/h3-5H,1-2H3. The number of nitrogens with zero attached hydrogens (tertiary/aromatic N) is 2. The smallest absolute Gasteiger partial charge is 0.270 e. The van der Waals surface area contributed by atoms with Crippen LogP contribution in [0.3, 0.4) is 0 Å². The summed E-state index contributed by atoms with van der Waals surface area (Å²) in [6.07, 6.45) is 0. The van der Waals surface area contributed by atoms with Gasteiger partial charge < -0.3 is 14.2 Å². The first kappa shape index (κ1) is 11.9. The fraction of sp³-hybridized carbons (Fsp3) is 0.200. The van der Waals surface area contributed by atoms with E-state index in [1.54, 1.807) is 32.4 Å². The molecule has 0 aliphatic rings. The van der Waals surface area contributed by atoms with Crippen LogP contribution in [0.4, 0.5) is 0 Å². The molecule has 0 saturated carbocycles. The summed E-state index contributed by atoms with van der Waals surface area (Å²) in [5.41, 5.74) is 0. The summed E-state index contributed by atoms with van der Waals surface area (Å²) in [5, 5.41) is 0.233. The Balaban J connectivity index is 2.29. The van der Waals surface area contributed by atoms with Crippen LogP contribution in [-0.4, -0.2) is 23.0 Å². The molecule has 1 aromatic heterocycles. The Morgan fingerprint density at radius 1 is 1.00 bits per heavy atom. The summed E-state index contributed by atoms with van der Waals surface area (Å²) >= 11 is 6.77. The van der Waals surface area contributed by atoms with Gasteiger partial charge in [0.25, 0.3) is 5.88 Å². The van der Waals surface area contributed by atoms with E-state index in [4.69, 9.17) is 25.8 Å². The maximum Gasteiger partial charge on any atom is 0.270 e. The predicted octanol–water partition coefficient (Wildman–Crippen LogP) is 3.00. The molecule has 0 amide bonds. The monoisotopic (exact) mass is 272 g/mol. The van der Waals surface area contributed by atoms with Gasteiger partial charge in [0.05, 0.1) is 25.9 Å². The minimum Gasteiger partial charge on any atom is -0.496 e. The minimum atomic E-state index is 0.233. The van der Waals surface area contributed by atoms with Gasteiger partial charge in [0, 0.05) is 18.2 Å². The summed E-state index contributed by atoms with van der Waals surface area (Å²) in [7, 11) is 3.13. The number of benzene rings is 1. The van der Waals surface area contributed by atoms with E-state index in [0.29, 0.717) is 17.2 Å². The molecule has 17 heavy (non-hydrogen) atoms. The number of rotatable bonds is 4. The van der Waals surface area contributed by atoms with Crippen LogP contribution in [0.25, 0.3) is 0 Å². The van der Waals surface area contributed by atoms with Gasteiger partial charge in [-0.05, 0) is 0 Å². The molecule has 0 spiro atoms. The van der Waals surface area contributed by atoms with Crippen LogP contribution in [0.2, 0.25) is 5.15 Å². The molecule has 0 saturated heterocycles. The van der Waals surface area contributed by atoms with E-state index in [1.807, 2.05) is 0 Å². The van der Waals surface area contributed by atoms with Crippen LogP contribution in [-0.2, 0) is 0 Å². The molecule has 2 rings (SSSR count). The molecule has 0 fully saturated rings. The van der Waals surface area contributed by atoms with Crippen molar-refractivity contribution in [1.82, 2.24) is 8.75 Å². The van der Waals surface area contributed by atoms with Crippen LogP contribution in [0.5, 0.6) is 23.1 Å². The van der Waals surface area contributed by atoms with Crippen LogP contribution in [0, 0.1) is 0 Å². The lowest BCUT2D eigenvalue weighted by Gasteiger charge is -2.08. The highest BCUT2D eigenvalue weighted by Crippen LogP contribution is 2.32. The first-order valence-electron chi connectivity index (χ1n) is 4.62. The van der Waals surface area contributed by atoms with Gasteiger partial charge in [-0.3, -0.25) is 0 Å². The Morgan fingerprint density at radius 3 is 2.06 bits per heavy atom. The maximum absolute atomic E-state index is 5.79. The largest absolute Gasteiger partial charge is 0.496 e. The lowest BCUT2D eigenvalue weighted by molar-refractivity contribution is 0.385. The van der Waals surface area contributed by atoms with Crippen molar-refractivity contribution in [1.29, 1.82) is 0 Å². The molecule has 0 aliphatic carbocycles. The Kier molecular flexibility index (Phi) is 3.65.